The normalized spacial score (nSPS) is 14.1. The quantitative estimate of drug-likeness (QED) is 0.0312. The predicted octanol–water partition coefficient (Wildman–Crippen LogP) is 13.4. The number of rotatable bonds is 45. The lowest BCUT2D eigenvalue weighted by molar-refractivity contribution is -0.132. The summed E-state index contributed by atoms with van der Waals surface area (Å²) >= 11 is 0. The van der Waals surface area contributed by atoms with E-state index < -0.39 is 36.9 Å². The fourth-order valence-corrected chi connectivity index (χ4v) is 7.82. The lowest BCUT2D eigenvalue weighted by Gasteiger charge is -2.27. The standard InChI is InChI=1S/C49H97NO5/c1-3-5-7-9-11-13-15-17-18-19-20-21-22-23-24-25-26-27-28-29-31-32-34-36-38-40-42-46(52)48(54)45(44-51)50-49(55)47(53)43-41-39-37-35-33-30-16-14-12-10-8-6-4-2/h34,36,45-48,51-54H,3-33,35,37-44H2,1-2H3,(H,50,55)/b36-34+. The van der Waals surface area contributed by atoms with Gasteiger partial charge in [0.15, 0.2) is 0 Å². The first-order valence-electron chi connectivity index (χ1n) is 24.6. The molecule has 0 radical (unpaired) electrons. The van der Waals surface area contributed by atoms with Crippen LogP contribution in [0.4, 0.5) is 0 Å². The van der Waals surface area contributed by atoms with Crippen LogP contribution >= 0.6 is 0 Å². The van der Waals surface area contributed by atoms with Gasteiger partial charge in [-0.1, -0.05) is 238 Å². The number of hydrogen-bond acceptors (Lipinski definition) is 5. The highest BCUT2D eigenvalue weighted by Gasteiger charge is 2.28. The molecule has 5 N–H and O–H groups in total. The van der Waals surface area contributed by atoms with Crippen molar-refractivity contribution in [2.45, 2.75) is 289 Å². The second-order valence-corrected chi connectivity index (χ2v) is 17.2. The number of aliphatic hydroxyl groups excluding tert-OH is 4. The van der Waals surface area contributed by atoms with Gasteiger partial charge in [-0.05, 0) is 38.5 Å². The molecule has 0 bridgehead atoms. The smallest absolute Gasteiger partial charge is 0.249 e. The first-order chi connectivity index (χ1) is 27.0. The summed E-state index contributed by atoms with van der Waals surface area (Å²) in [5, 5.41) is 43.7. The van der Waals surface area contributed by atoms with Gasteiger partial charge in [0, 0.05) is 0 Å². The summed E-state index contributed by atoms with van der Waals surface area (Å²) in [7, 11) is 0. The third-order valence-corrected chi connectivity index (χ3v) is 11.7. The molecule has 4 atom stereocenters. The SMILES string of the molecule is CCCCCCCCCCCCCCCCCCCCCCC/C=C/CCCC(O)C(O)C(CO)NC(=O)C(O)CCCCCCCCCCCCCCC. The van der Waals surface area contributed by atoms with Crippen LogP contribution in [0.5, 0.6) is 0 Å². The Morgan fingerprint density at radius 3 is 1.09 bits per heavy atom. The number of carbonyl (C=O) groups is 1. The van der Waals surface area contributed by atoms with Gasteiger partial charge in [0.1, 0.15) is 12.2 Å². The fourth-order valence-electron chi connectivity index (χ4n) is 7.82. The highest BCUT2D eigenvalue weighted by atomic mass is 16.3. The average molecular weight is 780 g/mol. The molecule has 0 fully saturated rings. The van der Waals surface area contributed by atoms with Crippen LogP contribution in [-0.4, -0.2) is 57.3 Å². The fraction of sp³-hybridized carbons (Fsp3) is 0.939. The Labute approximate surface area is 342 Å². The minimum absolute atomic E-state index is 0.367. The molecule has 0 aromatic carbocycles. The van der Waals surface area contributed by atoms with E-state index in [1.54, 1.807) is 0 Å². The molecule has 4 unspecified atom stereocenters. The Morgan fingerprint density at radius 1 is 0.436 bits per heavy atom. The van der Waals surface area contributed by atoms with Crippen molar-refractivity contribution in [1.29, 1.82) is 0 Å². The third kappa shape index (κ3) is 38.3. The summed E-state index contributed by atoms with van der Waals surface area (Å²) < 4.78 is 0. The predicted molar refractivity (Wildman–Crippen MR) is 238 cm³/mol. The Morgan fingerprint density at radius 2 is 0.745 bits per heavy atom. The van der Waals surface area contributed by atoms with Crippen molar-refractivity contribution in [2.24, 2.45) is 0 Å². The lowest BCUT2D eigenvalue weighted by Crippen LogP contribution is -2.53. The highest BCUT2D eigenvalue weighted by molar-refractivity contribution is 5.80. The molecule has 0 aliphatic carbocycles. The molecule has 328 valence electrons. The van der Waals surface area contributed by atoms with Crippen molar-refractivity contribution in [3.05, 3.63) is 12.2 Å². The number of unbranched alkanes of at least 4 members (excludes halogenated alkanes) is 34. The molecule has 0 aromatic heterocycles. The van der Waals surface area contributed by atoms with Gasteiger partial charge in [0.25, 0.3) is 0 Å². The number of aliphatic hydroxyl groups is 4. The molecule has 0 rings (SSSR count). The van der Waals surface area contributed by atoms with Gasteiger partial charge in [-0.15, -0.1) is 0 Å². The van der Waals surface area contributed by atoms with Crippen molar-refractivity contribution >= 4 is 5.91 Å². The van der Waals surface area contributed by atoms with E-state index in [-0.39, 0.29) is 0 Å². The lowest BCUT2D eigenvalue weighted by atomic mass is 10.00. The molecule has 6 nitrogen and oxygen atoms in total. The molecular weight excluding hydrogens is 683 g/mol. The second kappa shape index (κ2) is 44.2. The largest absolute Gasteiger partial charge is 0.394 e. The molecule has 6 heteroatoms. The van der Waals surface area contributed by atoms with E-state index in [2.05, 4.69) is 31.3 Å². The van der Waals surface area contributed by atoms with Gasteiger partial charge in [0.2, 0.25) is 5.91 Å². The number of carbonyl (C=O) groups excluding carboxylic acids is 1. The second-order valence-electron chi connectivity index (χ2n) is 17.2. The minimum atomic E-state index is -1.28. The van der Waals surface area contributed by atoms with E-state index in [4.69, 9.17) is 0 Å². The molecule has 0 aliphatic rings. The molecule has 0 spiro atoms. The number of allylic oxidation sites excluding steroid dienone is 2. The van der Waals surface area contributed by atoms with E-state index >= 15 is 0 Å². The maximum atomic E-state index is 12.5. The number of amides is 1. The number of hydrogen-bond donors (Lipinski definition) is 5. The monoisotopic (exact) mass is 780 g/mol. The topological polar surface area (TPSA) is 110 Å². The zero-order valence-corrected chi connectivity index (χ0v) is 36.9. The van der Waals surface area contributed by atoms with Gasteiger partial charge in [-0.2, -0.15) is 0 Å². The summed E-state index contributed by atoms with van der Waals surface area (Å²) in [5.74, 6) is -0.590. The molecule has 0 heterocycles. The summed E-state index contributed by atoms with van der Waals surface area (Å²) in [4.78, 5) is 12.5. The van der Waals surface area contributed by atoms with Crippen LogP contribution in [0.15, 0.2) is 12.2 Å². The van der Waals surface area contributed by atoms with Crippen LogP contribution in [-0.2, 0) is 4.79 Å². The van der Waals surface area contributed by atoms with Crippen LogP contribution in [0, 0.1) is 0 Å². The molecule has 0 aromatic rings. The van der Waals surface area contributed by atoms with Gasteiger partial charge in [-0.25, -0.2) is 0 Å². The van der Waals surface area contributed by atoms with Gasteiger partial charge in [0.05, 0.1) is 18.8 Å². The van der Waals surface area contributed by atoms with Gasteiger partial charge < -0.3 is 25.7 Å². The third-order valence-electron chi connectivity index (χ3n) is 11.7. The maximum Gasteiger partial charge on any atom is 0.249 e. The van der Waals surface area contributed by atoms with Crippen LogP contribution in [0.25, 0.3) is 0 Å². The van der Waals surface area contributed by atoms with Crippen LogP contribution < -0.4 is 5.32 Å². The maximum absolute atomic E-state index is 12.5. The van der Waals surface area contributed by atoms with Crippen LogP contribution in [0.3, 0.4) is 0 Å². The van der Waals surface area contributed by atoms with Crippen molar-refractivity contribution in [1.82, 2.24) is 5.32 Å². The Kier molecular flexibility index (Phi) is 43.4. The van der Waals surface area contributed by atoms with Gasteiger partial charge in [-0.3, -0.25) is 4.79 Å². The zero-order chi connectivity index (χ0) is 40.3. The molecule has 0 saturated carbocycles. The molecule has 1 amide bonds. The molecular formula is C49H97NO5. The van der Waals surface area contributed by atoms with E-state index in [9.17, 15) is 25.2 Å². The average Bonchev–Trinajstić information content (AvgIpc) is 3.19. The van der Waals surface area contributed by atoms with Crippen molar-refractivity contribution in [3.8, 4) is 0 Å². The van der Waals surface area contributed by atoms with Crippen molar-refractivity contribution < 1.29 is 25.2 Å². The summed E-state index contributed by atoms with van der Waals surface area (Å²) in [6.45, 7) is 4.05. The summed E-state index contributed by atoms with van der Waals surface area (Å²) in [5.41, 5.74) is 0. The van der Waals surface area contributed by atoms with E-state index in [0.717, 1.165) is 38.5 Å². The number of nitrogens with one attached hydrogen (secondary N) is 1. The first-order valence-corrected chi connectivity index (χ1v) is 24.6. The molecule has 0 aliphatic heterocycles. The van der Waals surface area contributed by atoms with E-state index in [0.29, 0.717) is 12.8 Å². The van der Waals surface area contributed by atoms with Crippen molar-refractivity contribution in [3.63, 3.8) is 0 Å². The summed E-state index contributed by atoms with van der Waals surface area (Å²) in [6.07, 6.45) is 49.8. The Hall–Kier alpha value is -0.950. The molecule has 55 heavy (non-hydrogen) atoms. The zero-order valence-electron chi connectivity index (χ0n) is 36.9. The highest BCUT2D eigenvalue weighted by Crippen LogP contribution is 2.17. The Bertz CT molecular complexity index is 791. The van der Waals surface area contributed by atoms with E-state index in [1.165, 1.54) is 199 Å². The van der Waals surface area contributed by atoms with Crippen LogP contribution in [0.2, 0.25) is 0 Å². The first kappa shape index (κ1) is 54.0. The molecule has 0 saturated heterocycles. The Balaban J connectivity index is 3.65. The summed E-state index contributed by atoms with van der Waals surface area (Å²) in [6, 6.07) is -0.997. The van der Waals surface area contributed by atoms with Crippen LogP contribution in [0.1, 0.15) is 264 Å². The van der Waals surface area contributed by atoms with E-state index in [1.807, 2.05) is 0 Å². The van der Waals surface area contributed by atoms with Gasteiger partial charge >= 0.3 is 0 Å². The minimum Gasteiger partial charge on any atom is -0.394 e. The van der Waals surface area contributed by atoms with Crippen molar-refractivity contribution in [2.75, 3.05) is 6.61 Å².